The number of thiophene rings is 1. The summed E-state index contributed by atoms with van der Waals surface area (Å²) in [6.45, 7) is 2.23. The van der Waals surface area contributed by atoms with Crippen LogP contribution in [-0.4, -0.2) is 30.6 Å². The zero-order chi connectivity index (χ0) is 13.9. The molecule has 0 unspecified atom stereocenters. The van der Waals surface area contributed by atoms with E-state index in [0.717, 1.165) is 25.2 Å². The third-order valence-corrected chi connectivity index (χ3v) is 4.31. The Kier molecular flexibility index (Phi) is 3.60. The van der Waals surface area contributed by atoms with E-state index >= 15 is 0 Å². The molecule has 1 saturated heterocycles. The van der Waals surface area contributed by atoms with Gasteiger partial charge in [0.2, 0.25) is 0 Å². The molecule has 2 heterocycles. The molecule has 1 aliphatic rings. The van der Waals surface area contributed by atoms with Crippen molar-refractivity contribution in [2.75, 3.05) is 30.3 Å². The summed E-state index contributed by atoms with van der Waals surface area (Å²) in [4.78, 5) is 16.1. The summed E-state index contributed by atoms with van der Waals surface area (Å²) < 4.78 is 0. The molecule has 2 N–H and O–H groups in total. The standard InChI is InChI=1S/C15H17N3OS/c16-13-3-1-2-4-14(13)18-9-8-17(15(18)19)7-5-12-6-10-20-11-12/h1-4,6,10-11H,5,7-9,16H2. The number of para-hydroxylation sites is 2. The molecule has 0 aliphatic carbocycles. The number of anilines is 2. The average molecular weight is 287 g/mol. The summed E-state index contributed by atoms with van der Waals surface area (Å²) in [5.41, 5.74) is 8.71. The van der Waals surface area contributed by atoms with Gasteiger partial charge in [-0.15, -0.1) is 0 Å². The third-order valence-electron chi connectivity index (χ3n) is 3.57. The van der Waals surface area contributed by atoms with E-state index in [9.17, 15) is 4.79 Å². The molecular formula is C15H17N3OS. The maximum atomic E-state index is 12.4. The normalized spacial score (nSPS) is 15.1. The van der Waals surface area contributed by atoms with Gasteiger partial charge in [0.05, 0.1) is 11.4 Å². The number of nitrogens with two attached hydrogens (primary N) is 1. The van der Waals surface area contributed by atoms with Gasteiger partial charge in [-0.1, -0.05) is 12.1 Å². The second kappa shape index (κ2) is 5.54. The van der Waals surface area contributed by atoms with Gasteiger partial charge in [-0.05, 0) is 40.9 Å². The van der Waals surface area contributed by atoms with Crippen LogP contribution < -0.4 is 10.6 Å². The number of benzene rings is 1. The molecule has 20 heavy (non-hydrogen) atoms. The minimum absolute atomic E-state index is 0.0538. The first-order valence-corrected chi connectivity index (χ1v) is 7.62. The number of hydrogen-bond acceptors (Lipinski definition) is 3. The summed E-state index contributed by atoms with van der Waals surface area (Å²) >= 11 is 1.69. The summed E-state index contributed by atoms with van der Waals surface area (Å²) in [7, 11) is 0. The lowest BCUT2D eigenvalue weighted by molar-refractivity contribution is 0.221. The van der Waals surface area contributed by atoms with E-state index in [4.69, 9.17) is 5.73 Å². The fourth-order valence-corrected chi connectivity index (χ4v) is 3.15. The Morgan fingerprint density at radius 3 is 2.80 bits per heavy atom. The number of hydrogen-bond donors (Lipinski definition) is 1. The van der Waals surface area contributed by atoms with Crippen LogP contribution in [0.25, 0.3) is 0 Å². The summed E-state index contributed by atoms with van der Waals surface area (Å²) in [6, 6.07) is 9.68. The minimum Gasteiger partial charge on any atom is -0.397 e. The van der Waals surface area contributed by atoms with Crippen LogP contribution in [0, 0.1) is 0 Å². The van der Waals surface area contributed by atoms with Crippen LogP contribution in [-0.2, 0) is 6.42 Å². The lowest BCUT2D eigenvalue weighted by Crippen LogP contribution is -2.33. The highest BCUT2D eigenvalue weighted by molar-refractivity contribution is 7.07. The smallest absolute Gasteiger partial charge is 0.324 e. The Labute approximate surface area is 122 Å². The van der Waals surface area contributed by atoms with Crippen LogP contribution in [0.15, 0.2) is 41.1 Å². The molecule has 0 atom stereocenters. The van der Waals surface area contributed by atoms with Crippen molar-refractivity contribution in [1.82, 2.24) is 4.90 Å². The van der Waals surface area contributed by atoms with Gasteiger partial charge >= 0.3 is 6.03 Å². The maximum Gasteiger partial charge on any atom is 0.324 e. The Morgan fingerprint density at radius 2 is 2.05 bits per heavy atom. The molecule has 0 spiro atoms. The van der Waals surface area contributed by atoms with Crippen molar-refractivity contribution >= 4 is 28.7 Å². The van der Waals surface area contributed by atoms with Crippen molar-refractivity contribution in [2.24, 2.45) is 0 Å². The molecule has 1 aromatic carbocycles. The molecule has 1 fully saturated rings. The summed E-state index contributed by atoms with van der Waals surface area (Å²) in [5.74, 6) is 0. The number of amides is 2. The van der Waals surface area contributed by atoms with Crippen molar-refractivity contribution in [1.29, 1.82) is 0 Å². The quantitative estimate of drug-likeness (QED) is 0.879. The number of nitrogen functional groups attached to an aromatic ring is 1. The number of nitrogens with zero attached hydrogens (tertiary/aromatic N) is 2. The van der Waals surface area contributed by atoms with Crippen molar-refractivity contribution in [3.05, 3.63) is 46.7 Å². The molecule has 0 bridgehead atoms. The number of urea groups is 1. The first-order valence-electron chi connectivity index (χ1n) is 6.68. The van der Waals surface area contributed by atoms with Crippen LogP contribution in [0.1, 0.15) is 5.56 Å². The van der Waals surface area contributed by atoms with Crippen molar-refractivity contribution in [3.8, 4) is 0 Å². The minimum atomic E-state index is 0.0538. The molecule has 2 aromatic rings. The fourth-order valence-electron chi connectivity index (χ4n) is 2.45. The van der Waals surface area contributed by atoms with Crippen LogP contribution in [0.5, 0.6) is 0 Å². The largest absolute Gasteiger partial charge is 0.397 e. The number of carbonyl (C=O) groups excluding carboxylic acids is 1. The molecule has 2 amide bonds. The van der Waals surface area contributed by atoms with Gasteiger partial charge in [-0.2, -0.15) is 11.3 Å². The number of rotatable bonds is 4. The highest BCUT2D eigenvalue weighted by Crippen LogP contribution is 2.26. The zero-order valence-electron chi connectivity index (χ0n) is 11.2. The van der Waals surface area contributed by atoms with Gasteiger partial charge < -0.3 is 10.6 Å². The van der Waals surface area contributed by atoms with E-state index in [1.54, 1.807) is 16.2 Å². The monoisotopic (exact) mass is 287 g/mol. The summed E-state index contributed by atoms with van der Waals surface area (Å²) in [5, 5.41) is 4.20. The molecule has 4 nitrogen and oxygen atoms in total. The van der Waals surface area contributed by atoms with Crippen LogP contribution in [0.3, 0.4) is 0 Å². The van der Waals surface area contributed by atoms with E-state index in [1.807, 2.05) is 29.2 Å². The van der Waals surface area contributed by atoms with Crippen molar-refractivity contribution in [3.63, 3.8) is 0 Å². The van der Waals surface area contributed by atoms with Crippen molar-refractivity contribution in [2.45, 2.75) is 6.42 Å². The molecule has 0 radical (unpaired) electrons. The topological polar surface area (TPSA) is 49.6 Å². The second-order valence-corrected chi connectivity index (χ2v) is 5.64. The first kappa shape index (κ1) is 13.0. The Morgan fingerprint density at radius 1 is 1.20 bits per heavy atom. The van der Waals surface area contributed by atoms with Gasteiger partial charge in [0, 0.05) is 19.6 Å². The lowest BCUT2D eigenvalue weighted by Gasteiger charge is -2.19. The maximum absolute atomic E-state index is 12.4. The van der Waals surface area contributed by atoms with Crippen LogP contribution in [0.2, 0.25) is 0 Å². The average Bonchev–Trinajstić information content (AvgIpc) is 3.07. The van der Waals surface area contributed by atoms with Gasteiger partial charge in [0.1, 0.15) is 0 Å². The van der Waals surface area contributed by atoms with Gasteiger partial charge in [0.15, 0.2) is 0 Å². The molecule has 3 rings (SSSR count). The Hall–Kier alpha value is -2.01. The predicted molar refractivity (Wildman–Crippen MR) is 83.2 cm³/mol. The number of carbonyl (C=O) groups is 1. The lowest BCUT2D eigenvalue weighted by atomic mass is 10.2. The SMILES string of the molecule is Nc1ccccc1N1CCN(CCc2ccsc2)C1=O. The van der Waals surface area contributed by atoms with E-state index in [2.05, 4.69) is 16.8 Å². The first-order chi connectivity index (χ1) is 9.75. The molecular weight excluding hydrogens is 270 g/mol. The van der Waals surface area contributed by atoms with Gasteiger partial charge in [-0.3, -0.25) is 4.90 Å². The molecule has 1 aromatic heterocycles. The summed E-state index contributed by atoms with van der Waals surface area (Å²) in [6.07, 6.45) is 0.910. The van der Waals surface area contributed by atoms with E-state index in [-0.39, 0.29) is 6.03 Å². The van der Waals surface area contributed by atoms with Crippen molar-refractivity contribution < 1.29 is 4.79 Å². The zero-order valence-corrected chi connectivity index (χ0v) is 12.0. The van der Waals surface area contributed by atoms with Gasteiger partial charge in [0.25, 0.3) is 0 Å². The van der Waals surface area contributed by atoms with Gasteiger partial charge in [-0.25, -0.2) is 4.79 Å². The van der Waals surface area contributed by atoms with E-state index in [1.165, 1.54) is 5.56 Å². The molecule has 104 valence electrons. The van der Waals surface area contributed by atoms with E-state index in [0.29, 0.717) is 12.2 Å². The molecule has 0 saturated carbocycles. The van der Waals surface area contributed by atoms with E-state index < -0.39 is 0 Å². The third kappa shape index (κ3) is 2.49. The Bertz CT molecular complexity index is 597. The fraction of sp³-hybridized carbons (Fsp3) is 0.267. The molecule has 1 aliphatic heterocycles. The highest BCUT2D eigenvalue weighted by atomic mass is 32.1. The van der Waals surface area contributed by atoms with Crippen LogP contribution in [0.4, 0.5) is 16.2 Å². The Balaban J connectivity index is 1.67. The predicted octanol–water partition coefficient (Wildman–Crippen LogP) is 2.82. The highest BCUT2D eigenvalue weighted by Gasteiger charge is 2.29. The van der Waals surface area contributed by atoms with Crippen LogP contribution >= 0.6 is 11.3 Å². The molecule has 5 heteroatoms. The second-order valence-electron chi connectivity index (χ2n) is 4.86.